The van der Waals surface area contributed by atoms with Gasteiger partial charge in [0.25, 0.3) is 0 Å². The number of benzene rings is 3. The summed E-state index contributed by atoms with van der Waals surface area (Å²) in [5.74, 6) is 0. The second kappa shape index (κ2) is 7.90. The summed E-state index contributed by atoms with van der Waals surface area (Å²) in [6.07, 6.45) is 2.32. The van der Waals surface area contributed by atoms with Crippen LogP contribution in [0, 0.1) is 0 Å². The molecule has 0 bridgehead atoms. The molecule has 4 aromatic rings. The van der Waals surface area contributed by atoms with Crippen molar-refractivity contribution < 1.29 is 0 Å². The van der Waals surface area contributed by atoms with Crippen LogP contribution in [0.4, 0.5) is 0 Å². The van der Waals surface area contributed by atoms with E-state index in [1.807, 2.05) is 0 Å². The van der Waals surface area contributed by atoms with Crippen LogP contribution in [0.3, 0.4) is 0 Å². The van der Waals surface area contributed by atoms with E-state index in [-0.39, 0.29) is 0 Å². The number of rotatable bonds is 5. The van der Waals surface area contributed by atoms with Crippen molar-refractivity contribution in [3.8, 4) is 0 Å². The fourth-order valence-electron chi connectivity index (χ4n) is 3.48. The van der Waals surface area contributed by atoms with Crippen molar-refractivity contribution in [2.45, 2.75) is 0 Å². The molecule has 4 rings (SSSR count). The molecule has 0 amide bonds. The Hall–Kier alpha value is -2.36. The third-order valence-corrected chi connectivity index (χ3v) is 14.7. The maximum atomic E-state index is 2.53. The molecule has 0 aliphatic heterocycles. The van der Waals surface area contributed by atoms with Crippen molar-refractivity contribution in [1.82, 2.24) is 0 Å². The molecule has 2 heteroatoms. The second-order valence-electron chi connectivity index (χ2n) is 6.30. The molecule has 0 unspecified atom stereocenters. The zero-order valence-corrected chi connectivity index (χ0v) is 17.4. The Balaban J connectivity index is 2.00. The van der Waals surface area contributed by atoms with Gasteiger partial charge in [-0.15, -0.1) is 0 Å². The molecule has 1 aromatic heterocycles. The van der Waals surface area contributed by atoms with Crippen LogP contribution < -0.4 is 13.2 Å². The van der Waals surface area contributed by atoms with E-state index in [1.165, 1.54) is 18.8 Å². The summed E-state index contributed by atoms with van der Waals surface area (Å²) in [7, 11) is 0. The number of hydrogen-bond donors (Lipinski definition) is 0. The van der Waals surface area contributed by atoms with E-state index in [0.717, 1.165) is 0 Å². The van der Waals surface area contributed by atoms with Crippen molar-refractivity contribution in [3.05, 3.63) is 118 Å². The first-order chi connectivity index (χ1) is 12.9. The van der Waals surface area contributed by atoms with Gasteiger partial charge in [-0.25, -0.2) is 0 Å². The average Bonchev–Trinajstić information content (AvgIpc) is 3.25. The van der Waals surface area contributed by atoms with Crippen LogP contribution in [0.1, 0.15) is 5.56 Å². The van der Waals surface area contributed by atoms with E-state index in [4.69, 9.17) is 0 Å². The Morgan fingerprint density at radius 1 is 0.577 bits per heavy atom. The summed E-state index contributed by atoms with van der Waals surface area (Å²) >= 11 is -1.18. The van der Waals surface area contributed by atoms with Gasteiger partial charge in [0.1, 0.15) is 0 Å². The molecule has 0 fully saturated rings. The fraction of sp³-hybridized carbons (Fsp3) is 0. The molecular formula is C24H20GeS. The van der Waals surface area contributed by atoms with Gasteiger partial charge in [0.05, 0.1) is 0 Å². The van der Waals surface area contributed by atoms with Gasteiger partial charge < -0.3 is 0 Å². The molecule has 0 aliphatic rings. The van der Waals surface area contributed by atoms with Crippen molar-refractivity contribution in [1.29, 1.82) is 0 Å². The molecule has 0 saturated heterocycles. The van der Waals surface area contributed by atoms with E-state index >= 15 is 0 Å². The van der Waals surface area contributed by atoms with Gasteiger partial charge in [-0.05, 0) is 0 Å². The third kappa shape index (κ3) is 3.33. The second-order valence-corrected chi connectivity index (χ2v) is 14.8. The van der Waals surface area contributed by atoms with Crippen molar-refractivity contribution in [2.75, 3.05) is 0 Å². The van der Waals surface area contributed by atoms with Crippen LogP contribution in [0.15, 0.2) is 113 Å². The maximum absolute atomic E-state index is 2.93. The van der Waals surface area contributed by atoms with E-state index in [1.54, 1.807) is 11.3 Å². The predicted molar refractivity (Wildman–Crippen MR) is 117 cm³/mol. The summed E-state index contributed by atoms with van der Waals surface area (Å²) in [5.41, 5.74) is 1.28. The van der Waals surface area contributed by atoms with Crippen molar-refractivity contribution in [3.63, 3.8) is 0 Å². The molecule has 0 nitrogen and oxygen atoms in total. The summed E-state index contributed by atoms with van der Waals surface area (Å²) in [6.45, 7) is 0. The SMILES string of the molecule is C(=[CH]\[Ge]([c]1ccccc1)([c]1ccccc1)[c]1ccccc1)/c1ccsc1. The zero-order chi connectivity index (χ0) is 17.7. The monoisotopic (exact) mass is 414 g/mol. The van der Waals surface area contributed by atoms with Gasteiger partial charge in [-0.2, -0.15) is 0 Å². The topological polar surface area (TPSA) is 0 Å². The average molecular weight is 413 g/mol. The Kier molecular flexibility index (Phi) is 5.19. The van der Waals surface area contributed by atoms with Gasteiger partial charge >= 0.3 is 162 Å². The normalized spacial score (nSPS) is 11.7. The molecule has 0 spiro atoms. The third-order valence-electron chi connectivity index (χ3n) is 4.76. The van der Waals surface area contributed by atoms with Crippen LogP contribution in [-0.4, -0.2) is 13.3 Å². The van der Waals surface area contributed by atoms with Crippen LogP contribution in [0.5, 0.6) is 0 Å². The summed E-state index contributed by atoms with van der Waals surface area (Å²) in [6, 6.07) is 35.3. The molecule has 1 heterocycles. The first kappa shape index (κ1) is 17.1. The van der Waals surface area contributed by atoms with Crippen LogP contribution in [0.2, 0.25) is 0 Å². The molecule has 0 radical (unpaired) electrons. The summed E-state index contributed by atoms with van der Waals surface area (Å²) in [4.78, 5) is 2.53. The molecule has 0 N–H and O–H groups in total. The van der Waals surface area contributed by atoms with Crippen LogP contribution in [0.25, 0.3) is 6.08 Å². The molecule has 3 aromatic carbocycles. The van der Waals surface area contributed by atoms with E-state index in [0.29, 0.717) is 0 Å². The van der Waals surface area contributed by atoms with E-state index in [2.05, 4.69) is 119 Å². The summed E-state index contributed by atoms with van der Waals surface area (Å²) < 4.78 is 4.36. The molecule has 126 valence electrons. The minimum absolute atomic E-state index is 1.28. The fourth-order valence-corrected chi connectivity index (χ4v) is 12.9. The minimum atomic E-state index is -2.93. The Morgan fingerprint density at radius 3 is 1.42 bits per heavy atom. The Labute approximate surface area is 161 Å². The molecule has 0 atom stereocenters. The molecular weight excluding hydrogens is 393 g/mol. The zero-order valence-electron chi connectivity index (χ0n) is 14.5. The quantitative estimate of drug-likeness (QED) is 0.424. The molecule has 0 saturated carbocycles. The standard InChI is InChI=1S/C24H20GeS/c1-4-10-22(11-5-1)25(23-12-6-2-7-13-23,24-14-8-3-9-15-24)18-16-21-17-19-26-20-21/h1-20H/b18-16+. The Bertz CT molecular complexity index is 862. The van der Waals surface area contributed by atoms with Gasteiger partial charge in [-0.1, -0.05) is 0 Å². The van der Waals surface area contributed by atoms with Gasteiger partial charge in [0.2, 0.25) is 0 Å². The first-order valence-corrected chi connectivity index (χ1v) is 14.1. The summed E-state index contributed by atoms with van der Waals surface area (Å²) in [5, 5.41) is 4.35. The number of thiophene rings is 1. The van der Waals surface area contributed by atoms with Crippen molar-refractivity contribution in [2.24, 2.45) is 0 Å². The van der Waals surface area contributed by atoms with Gasteiger partial charge in [-0.3, -0.25) is 0 Å². The van der Waals surface area contributed by atoms with Crippen molar-refractivity contribution >= 4 is 43.9 Å². The van der Waals surface area contributed by atoms with E-state index in [9.17, 15) is 0 Å². The molecule has 26 heavy (non-hydrogen) atoms. The van der Waals surface area contributed by atoms with Gasteiger partial charge in [0, 0.05) is 0 Å². The Morgan fingerprint density at radius 2 is 1.04 bits per heavy atom. The molecule has 0 aliphatic carbocycles. The van der Waals surface area contributed by atoms with Crippen LogP contribution >= 0.6 is 11.3 Å². The van der Waals surface area contributed by atoms with E-state index < -0.39 is 13.3 Å². The van der Waals surface area contributed by atoms with Gasteiger partial charge in [0.15, 0.2) is 0 Å². The number of hydrogen-bond acceptors (Lipinski definition) is 1. The van der Waals surface area contributed by atoms with Crippen LogP contribution in [-0.2, 0) is 0 Å². The predicted octanol–water partition coefficient (Wildman–Crippen LogP) is 4.47. The first-order valence-electron chi connectivity index (χ1n) is 8.77.